The second kappa shape index (κ2) is 4.99. The number of hydrogen-bond acceptors (Lipinski definition) is 3. The maximum Gasteiger partial charge on any atom is 0.259 e. The van der Waals surface area contributed by atoms with Gasteiger partial charge in [-0.2, -0.15) is 0 Å². The molecule has 16 heavy (non-hydrogen) atoms. The maximum absolute atomic E-state index is 11.7. The van der Waals surface area contributed by atoms with Crippen LogP contribution in [0.3, 0.4) is 0 Å². The van der Waals surface area contributed by atoms with Crippen molar-refractivity contribution in [2.45, 2.75) is 12.1 Å². The van der Waals surface area contributed by atoms with Crippen LogP contribution in [-0.2, 0) is 0 Å². The molecule has 0 fully saturated rings. The van der Waals surface area contributed by atoms with E-state index in [9.17, 15) is 4.79 Å². The van der Waals surface area contributed by atoms with Gasteiger partial charge < -0.3 is 4.98 Å². The van der Waals surface area contributed by atoms with Crippen molar-refractivity contribution in [2.75, 3.05) is 5.75 Å². The molecule has 2 aromatic rings. The van der Waals surface area contributed by atoms with Gasteiger partial charge >= 0.3 is 0 Å². The summed E-state index contributed by atoms with van der Waals surface area (Å²) in [5.41, 5.74) is 0.669. The summed E-state index contributed by atoms with van der Waals surface area (Å²) in [6.07, 6.45) is 4.01. The fraction of sp³-hybridized carbons (Fsp3) is 0.167. The third kappa shape index (κ3) is 2.33. The maximum atomic E-state index is 11.7. The largest absolute Gasteiger partial charge is 0.301 e. The molecular weight excluding hydrogens is 220 g/mol. The molecule has 0 aliphatic heterocycles. The number of aromatic amines is 1. The number of nitrogens with one attached hydrogen (secondary N) is 1. The lowest BCUT2D eigenvalue weighted by Crippen LogP contribution is -2.08. The Balaban J connectivity index is 2.38. The minimum atomic E-state index is -0.0754. The standard InChI is InChI=1S/C12H12N2OS/c1-2-3-8-16-12-13-10-7-5-4-6-9(10)11(15)14-12/h2-7H,8H2,1H3,(H,13,14,15)/b3-2+. The number of aromatic nitrogens is 2. The molecule has 1 N–H and O–H groups in total. The van der Waals surface area contributed by atoms with Crippen molar-refractivity contribution in [3.8, 4) is 0 Å². The van der Waals surface area contributed by atoms with E-state index in [1.165, 1.54) is 11.8 Å². The van der Waals surface area contributed by atoms with Crippen LogP contribution in [0.1, 0.15) is 6.92 Å². The van der Waals surface area contributed by atoms with Gasteiger partial charge in [-0.1, -0.05) is 36.0 Å². The Bertz CT molecular complexity index is 574. The summed E-state index contributed by atoms with van der Waals surface area (Å²) in [7, 11) is 0. The van der Waals surface area contributed by atoms with E-state index >= 15 is 0 Å². The smallest absolute Gasteiger partial charge is 0.259 e. The quantitative estimate of drug-likeness (QED) is 0.502. The molecule has 82 valence electrons. The van der Waals surface area contributed by atoms with Crippen molar-refractivity contribution in [1.29, 1.82) is 0 Å². The summed E-state index contributed by atoms with van der Waals surface area (Å²) >= 11 is 1.52. The molecule has 0 spiro atoms. The lowest BCUT2D eigenvalue weighted by Gasteiger charge is -2.00. The molecule has 0 radical (unpaired) electrons. The molecule has 0 atom stereocenters. The average Bonchev–Trinajstić information content (AvgIpc) is 2.30. The molecule has 0 saturated carbocycles. The first-order valence-electron chi connectivity index (χ1n) is 5.04. The van der Waals surface area contributed by atoms with Crippen molar-refractivity contribution in [1.82, 2.24) is 9.97 Å². The Kier molecular flexibility index (Phi) is 3.41. The van der Waals surface area contributed by atoms with E-state index in [-0.39, 0.29) is 5.56 Å². The molecule has 0 bridgehead atoms. The molecule has 0 amide bonds. The van der Waals surface area contributed by atoms with Gasteiger partial charge in [-0.3, -0.25) is 4.79 Å². The first-order valence-corrected chi connectivity index (χ1v) is 6.03. The monoisotopic (exact) mass is 232 g/mol. The summed E-state index contributed by atoms with van der Waals surface area (Å²) in [5, 5.41) is 1.31. The van der Waals surface area contributed by atoms with Crippen molar-refractivity contribution in [3.63, 3.8) is 0 Å². The highest BCUT2D eigenvalue weighted by atomic mass is 32.2. The summed E-state index contributed by atoms with van der Waals surface area (Å²) in [6.45, 7) is 1.97. The SMILES string of the molecule is C/C=C/CSc1nc2ccccc2c(=O)[nH]1. The number of fused-ring (bicyclic) bond motifs is 1. The Morgan fingerprint density at radius 3 is 3.06 bits per heavy atom. The number of para-hydroxylation sites is 1. The van der Waals surface area contributed by atoms with Crippen LogP contribution in [-0.4, -0.2) is 15.7 Å². The highest BCUT2D eigenvalue weighted by Crippen LogP contribution is 2.14. The molecule has 0 aliphatic rings. The number of benzene rings is 1. The predicted octanol–water partition coefficient (Wildman–Crippen LogP) is 2.59. The van der Waals surface area contributed by atoms with E-state index in [0.717, 1.165) is 11.3 Å². The van der Waals surface area contributed by atoms with Crippen LogP contribution >= 0.6 is 11.8 Å². The lowest BCUT2D eigenvalue weighted by atomic mass is 10.2. The molecule has 1 aromatic heterocycles. The zero-order valence-electron chi connectivity index (χ0n) is 8.93. The first-order chi connectivity index (χ1) is 7.81. The molecule has 0 unspecified atom stereocenters. The number of rotatable bonds is 3. The number of thioether (sulfide) groups is 1. The topological polar surface area (TPSA) is 45.8 Å². The summed E-state index contributed by atoms with van der Waals surface area (Å²) in [6, 6.07) is 7.35. The Labute approximate surface area is 97.6 Å². The molecule has 2 rings (SSSR count). The van der Waals surface area contributed by atoms with Crippen LogP contribution in [0, 0.1) is 0 Å². The molecule has 4 heteroatoms. The van der Waals surface area contributed by atoms with Crippen LogP contribution in [0.25, 0.3) is 10.9 Å². The van der Waals surface area contributed by atoms with Gasteiger partial charge in [0.15, 0.2) is 5.16 Å². The van der Waals surface area contributed by atoms with Gasteiger partial charge in [0.2, 0.25) is 0 Å². The normalized spacial score (nSPS) is 11.3. The fourth-order valence-corrected chi connectivity index (χ4v) is 2.13. The second-order valence-electron chi connectivity index (χ2n) is 3.27. The van der Waals surface area contributed by atoms with Gasteiger partial charge in [-0.05, 0) is 19.1 Å². The van der Waals surface area contributed by atoms with Gasteiger partial charge in [-0.25, -0.2) is 4.98 Å². The lowest BCUT2D eigenvalue weighted by molar-refractivity contribution is 0.976. The van der Waals surface area contributed by atoms with E-state index < -0.39 is 0 Å². The zero-order valence-corrected chi connectivity index (χ0v) is 9.75. The molecule has 1 aromatic carbocycles. The van der Waals surface area contributed by atoms with Gasteiger partial charge in [0.25, 0.3) is 5.56 Å². The van der Waals surface area contributed by atoms with E-state index in [4.69, 9.17) is 0 Å². The van der Waals surface area contributed by atoms with Crippen LogP contribution in [0.2, 0.25) is 0 Å². The summed E-state index contributed by atoms with van der Waals surface area (Å²) < 4.78 is 0. The second-order valence-corrected chi connectivity index (χ2v) is 4.28. The van der Waals surface area contributed by atoms with Crippen LogP contribution in [0.4, 0.5) is 0 Å². The number of nitrogens with zero attached hydrogens (tertiary/aromatic N) is 1. The third-order valence-corrected chi connectivity index (χ3v) is 2.97. The van der Waals surface area contributed by atoms with E-state index in [1.807, 2.05) is 37.3 Å². The van der Waals surface area contributed by atoms with Crippen molar-refractivity contribution >= 4 is 22.7 Å². The number of H-pyrrole nitrogens is 1. The predicted molar refractivity (Wildman–Crippen MR) is 67.9 cm³/mol. The summed E-state index contributed by atoms with van der Waals surface area (Å²) in [4.78, 5) is 18.9. The van der Waals surface area contributed by atoms with Crippen molar-refractivity contribution < 1.29 is 0 Å². The molecule has 3 nitrogen and oxygen atoms in total. The molecule has 0 saturated heterocycles. The third-order valence-electron chi connectivity index (χ3n) is 2.14. The van der Waals surface area contributed by atoms with Crippen LogP contribution < -0.4 is 5.56 Å². The molecule has 1 heterocycles. The van der Waals surface area contributed by atoms with E-state index in [2.05, 4.69) is 9.97 Å². The van der Waals surface area contributed by atoms with Crippen LogP contribution in [0.15, 0.2) is 46.4 Å². The molecular formula is C12H12N2OS. The fourth-order valence-electron chi connectivity index (χ4n) is 1.36. The summed E-state index contributed by atoms with van der Waals surface area (Å²) in [5.74, 6) is 0.817. The molecule has 0 aliphatic carbocycles. The minimum absolute atomic E-state index is 0.0754. The number of allylic oxidation sites excluding steroid dienone is 1. The first kappa shape index (κ1) is 11.0. The van der Waals surface area contributed by atoms with E-state index in [0.29, 0.717) is 10.5 Å². The zero-order chi connectivity index (χ0) is 11.4. The van der Waals surface area contributed by atoms with Gasteiger partial charge in [0.05, 0.1) is 10.9 Å². The highest BCUT2D eigenvalue weighted by Gasteiger charge is 2.02. The van der Waals surface area contributed by atoms with Gasteiger partial charge in [0.1, 0.15) is 0 Å². The number of hydrogen-bond donors (Lipinski definition) is 1. The minimum Gasteiger partial charge on any atom is -0.301 e. The Morgan fingerprint density at radius 1 is 1.44 bits per heavy atom. The van der Waals surface area contributed by atoms with Gasteiger partial charge in [0, 0.05) is 5.75 Å². The van der Waals surface area contributed by atoms with Crippen molar-refractivity contribution in [2.24, 2.45) is 0 Å². The Morgan fingerprint density at radius 2 is 2.25 bits per heavy atom. The average molecular weight is 232 g/mol. The van der Waals surface area contributed by atoms with Crippen LogP contribution in [0.5, 0.6) is 0 Å². The van der Waals surface area contributed by atoms with Gasteiger partial charge in [-0.15, -0.1) is 0 Å². The van der Waals surface area contributed by atoms with Crippen molar-refractivity contribution in [3.05, 3.63) is 46.8 Å². The van der Waals surface area contributed by atoms with E-state index in [1.54, 1.807) is 6.07 Å². The highest BCUT2D eigenvalue weighted by molar-refractivity contribution is 7.99. The Hall–Kier alpha value is -1.55.